The Kier molecular flexibility index (Phi) is 7.06. The molecule has 0 atom stereocenters. The molecule has 1 fully saturated rings. The van der Waals surface area contributed by atoms with Crippen molar-refractivity contribution in [3.63, 3.8) is 0 Å². The highest BCUT2D eigenvalue weighted by molar-refractivity contribution is 4.80. The summed E-state index contributed by atoms with van der Waals surface area (Å²) >= 11 is 0. The summed E-state index contributed by atoms with van der Waals surface area (Å²) in [4.78, 5) is 2.60. The number of hydrogen-bond donors (Lipinski definition) is 1. The quantitative estimate of drug-likeness (QED) is 0.671. The molecule has 1 aliphatic rings. The van der Waals surface area contributed by atoms with Crippen molar-refractivity contribution >= 4 is 0 Å². The molecule has 0 radical (unpaired) electrons. The molecule has 0 bridgehead atoms. The van der Waals surface area contributed by atoms with Crippen LogP contribution in [0, 0.1) is 0 Å². The molecule has 96 valence electrons. The smallest absolute Gasteiger partial charge is 0.00933 e. The van der Waals surface area contributed by atoms with Crippen LogP contribution in [0.3, 0.4) is 0 Å². The van der Waals surface area contributed by atoms with Gasteiger partial charge in [0.2, 0.25) is 0 Å². The fourth-order valence-corrected chi connectivity index (χ4v) is 2.78. The summed E-state index contributed by atoms with van der Waals surface area (Å²) in [5.41, 5.74) is 0. The first kappa shape index (κ1) is 14.0. The van der Waals surface area contributed by atoms with Gasteiger partial charge < -0.3 is 10.2 Å². The van der Waals surface area contributed by atoms with E-state index in [1.54, 1.807) is 0 Å². The van der Waals surface area contributed by atoms with Gasteiger partial charge in [-0.1, -0.05) is 26.2 Å². The molecule has 16 heavy (non-hydrogen) atoms. The lowest BCUT2D eigenvalue weighted by Gasteiger charge is -2.34. The second-order valence-electron chi connectivity index (χ2n) is 5.34. The van der Waals surface area contributed by atoms with Gasteiger partial charge in [-0.2, -0.15) is 0 Å². The van der Waals surface area contributed by atoms with Gasteiger partial charge in [-0.3, -0.25) is 0 Å². The Labute approximate surface area is 102 Å². The van der Waals surface area contributed by atoms with Gasteiger partial charge in [0.15, 0.2) is 0 Å². The summed E-state index contributed by atoms with van der Waals surface area (Å²) in [6.07, 6.45) is 11.0. The summed E-state index contributed by atoms with van der Waals surface area (Å²) in [5, 5.41) is 3.40. The Morgan fingerprint density at radius 3 is 2.31 bits per heavy atom. The molecular formula is C14H30N2. The van der Waals surface area contributed by atoms with Gasteiger partial charge in [-0.25, -0.2) is 0 Å². The largest absolute Gasteiger partial charge is 0.317 e. The monoisotopic (exact) mass is 226 g/mol. The van der Waals surface area contributed by atoms with Gasteiger partial charge in [0.1, 0.15) is 0 Å². The Morgan fingerprint density at radius 1 is 1.06 bits per heavy atom. The highest BCUT2D eigenvalue weighted by Crippen LogP contribution is 2.22. The minimum absolute atomic E-state index is 0.782. The van der Waals surface area contributed by atoms with E-state index < -0.39 is 0 Å². The summed E-state index contributed by atoms with van der Waals surface area (Å²) < 4.78 is 0. The molecule has 0 spiro atoms. The van der Waals surface area contributed by atoms with Crippen molar-refractivity contribution in [2.24, 2.45) is 0 Å². The Morgan fingerprint density at radius 2 is 1.75 bits per heavy atom. The van der Waals surface area contributed by atoms with E-state index in [0.717, 1.165) is 12.1 Å². The van der Waals surface area contributed by atoms with E-state index >= 15 is 0 Å². The molecule has 0 unspecified atom stereocenters. The van der Waals surface area contributed by atoms with Crippen molar-refractivity contribution in [2.45, 2.75) is 70.4 Å². The van der Waals surface area contributed by atoms with E-state index in [-0.39, 0.29) is 0 Å². The maximum atomic E-state index is 3.40. The first-order chi connectivity index (χ1) is 7.77. The van der Waals surface area contributed by atoms with Crippen LogP contribution in [0.1, 0.15) is 58.3 Å². The number of hydrogen-bond acceptors (Lipinski definition) is 2. The topological polar surface area (TPSA) is 15.3 Å². The second kappa shape index (κ2) is 8.08. The van der Waals surface area contributed by atoms with E-state index in [0.29, 0.717) is 0 Å². The molecule has 0 amide bonds. The lowest BCUT2D eigenvalue weighted by Crippen LogP contribution is -2.40. The maximum absolute atomic E-state index is 3.40. The van der Waals surface area contributed by atoms with Crippen LogP contribution in [-0.4, -0.2) is 37.6 Å². The molecule has 0 aromatic carbocycles. The van der Waals surface area contributed by atoms with E-state index in [1.807, 2.05) is 0 Å². The normalized spacial score (nSPS) is 26.2. The van der Waals surface area contributed by atoms with E-state index in [9.17, 15) is 0 Å². The van der Waals surface area contributed by atoms with E-state index in [1.165, 1.54) is 57.9 Å². The molecule has 0 heterocycles. The minimum atomic E-state index is 0.782. The van der Waals surface area contributed by atoms with Crippen molar-refractivity contribution in [1.29, 1.82) is 0 Å². The van der Waals surface area contributed by atoms with Crippen LogP contribution in [0.25, 0.3) is 0 Å². The van der Waals surface area contributed by atoms with Gasteiger partial charge in [0, 0.05) is 12.1 Å². The minimum Gasteiger partial charge on any atom is -0.317 e. The predicted octanol–water partition coefficient (Wildman–Crippen LogP) is 3.03. The molecular weight excluding hydrogens is 196 g/mol. The Balaban J connectivity index is 2.10. The molecule has 2 nitrogen and oxygen atoms in total. The molecule has 1 saturated carbocycles. The molecule has 0 aromatic heterocycles. The molecule has 2 heteroatoms. The number of unbranched alkanes of at least 4 members (excludes halogenated alkanes) is 3. The third-order valence-electron chi connectivity index (χ3n) is 4.09. The fraction of sp³-hybridized carbons (Fsp3) is 1.00. The van der Waals surface area contributed by atoms with Crippen LogP contribution >= 0.6 is 0 Å². The van der Waals surface area contributed by atoms with Crippen molar-refractivity contribution in [3.05, 3.63) is 0 Å². The summed E-state index contributed by atoms with van der Waals surface area (Å²) in [5.74, 6) is 0. The first-order valence-electron chi connectivity index (χ1n) is 7.15. The van der Waals surface area contributed by atoms with Gasteiger partial charge in [0.05, 0.1) is 0 Å². The highest BCUT2D eigenvalue weighted by atomic mass is 15.1. The van der Waals surface area contributed by atoms with Crippen molar-refractivity contribution in [3.8, 4) is 0 Å². The Bertz CT molecular complexity index is 162. The van der Waals surface area contributed by atoms with Crippen LogP contribution in [0.4, 0.5) is 0 Å². The third-order valence-corrected chi connectivity index (χ3v) is 4.09. The molecule has 0 saturated heterocycles. The second-order valence-corrected chi connectivity index (χ2v) is 5.34. The number of nitrogens with zero attached hydrogens (tertiary/aromatic N) is 1. The standard InChI is InChI=1S/C14H30N2/c1-4-5-6-7-12-16(3)14-10-8-13(15-2)9-11-14/h13-15H,4-12H2,1-3H3. The zero-order valence-electron chi connectivity index (χ0n) is 11.5. The molecule has 1 N–H and O–H groups in total. The van der Waals surface area contributed by atoms with Gasteiger partial charge in [-0.05, 0) is 52.7 Å². The van der Waals surface area contributed by atoms with Crippen molar-refractivity contribution in [2.75, 3.05) is 20.6 Å². The summed E-state index contributed by atoms with van der Waals surface area (Å²) in [7, 11) is 4.41. The fourth-order valence-electron chi connectivity index (χ4n) is 2.78. The van der Waals surface area contributed by atoms with Crippen molar-refractivity contribution in [1.82, 2.24) is 10.2 Å². The lowest BCUT2D eigenvalue weighted by molar-refractivity contribution is 0.174. The summed E-state index contributed by atoms with van der Waals surface area (Å²) in [6, 6.07) is 1.64. The van der Waals surface area contributed by atoms with Crippen LogP contribution in [0.15, 0.2) is 0 Å². The van der Waals surface area contributed by atoms with Crippen LogP contribution in [-0.2, 0) is 0 Å². The van der Waals surface area contributed by atoms with Gasteiger partial charge in [0.25, 0.3) is 0 Å². The summed E-state index contributed by atoms with van der Waals surface area (Å²) in [6.45, 7) is 3.58. The number of rotatable bonds is 7. The van der Waals surface area contributed by atoms with E-state index in [2.05, 4.69) is 31.2 Å². The van der Waals surface area contributed by atoms with Crippen molar-refractivity contribution < 1.29 is 0 Å². The Hall–Kier alpha value is -0.0800. The predicted molar refractivity (Wildman–Crippen MR) is 71.9 cm³/mol. The van der Waals surface area contributed by atoms with Crippen LogP contribution in [0.5, 0.6) is 0 Å². The highest BCUT2D eigenvalue weighted by Gasteiger charge is 2.22. The molecule has 1 aliphatic carbocycles. The average Bonchev–Trinajstić information content (AvgIpc) is 2.34. The van der Waals surface area contributed by atoms with Gasteiger partial charge in [-0.15, -0.1) is 0 Å². The number of nitrogens with one attached hydrogen (secondary N) is 1. The first-order valence-corrected chi connectivity index (χ1v) is 7.15. The maximum Gasteiger partial charge on any atom is 0.00933 e. The van der Waals surface area contributed by atoms with Crippen LogP contribution < -0.4 is 5.32 Å². The molecule has 0 aliphatic heterocycles. The van der Waals surface area contributed by atoms with Gasteiger partial charge >= 0.3 is 0 Å². The zero-order chi connectivity index (χ0) is 11.8. The third kappa shape index (κ3) is 4.84. The average molecular weight is 226 g/mol. The molecule has 1 rings (SSSR count). The lowest BCUT2D eigenvalue weighted by atomic mass is 9.90. The zero-order valence-corrected chi connectivity index (χ0v) is 11.5. The van der Waals surface area contributed by atoms with E-state index in [4.69, 9.17) is 0 Å². The molecule has 0 aromatic rings. The SMILES string of the molecule is CCCCCCN(C)C1CCC(NC)CC1. The van der Waals surface area contributed by atoms with Crippen LogP contribution in [0.2, 0.25) is 0 Å².